The molecule has 132 valence electrons. The molecule has 0 spiro atoms. The third kappa shape index (κ3) is 3.87. The fraction of sp³-hybridized carbons (Fsp3) is 0.667. The van der Waals surface area contributed by atoms with Crippen molar-refractivity contribution in [2.45, 2.75) is 56.7 Å². The van der Waals surface area contributed by atoms with Crippen LogP contribution in [0, 0.1) is 0 Å². The molecule has 1 aliphatic carbocycles. The van der Waals surface area contributed by atoms with Crippen molar-refractivity contribution in [2.75, 3.05) is 25.1 Å². The highest BCUT2D eigenvalue weighted by atomic mass is 16.5. The summed E-state index contributed by atoms with van der Waals surface area (Å²) in [6.45, 7) is 1.24. The van der Waals surface area contributed by atoms with Crippen LogP contribution in [-0.2, 0) is 4.74 Å². The zero-order valence-electron chi connectivity index (χ0n) is 14.3. The van der Waals surface area contributed by atoms with E-state index in [1.54, 1.807) is 18.3 Å². The standard InChI is InChI=1S/C18H27N3O3/c1-24-18(23)14-8-5-10-19-17(14)21-11-9-15(16(22)12-21)20-13-6-3-2-4-7-13/h5,8,10,13,15-16,20,22H,2-4,6-7,9,11-12H2,1H3/t15?,16-/m1/s1. The molecule has 2 heterocycles. The van der Waals surface area contributed by atoms with Crippen molar-refractivity contribution in [2.24, 2.45) is 0 Å². The lowest BCUT2D eigenvalue weighted by Gasteiger charge is -2.39. The van der Waals surface area contributed by atoms with E-state index in [0.29, 0.717) is 24.0 Å². The molecule has 1 saturated carbocycles. The van der Waals surface area contributed by atoms with E-state index in [1.807, 2.05) is 4.90 Å². The highest BCUT2D eigenvalue weighted by Crippen LogP contribution is 2.24. The summed E-state index contributed by atoms with van der Waals surface area (Å²) >= 11 is 0. The Balaban J connectivity index is 1.64. The highest BCUT2D eigenvalue weighted by Gasteiger charge is 2.31. The SMILES string of the molecule is COC(=O)c1cccnc1N1CCC(NC2CCCCC2)[C@H](O)C1. The molecular weight excluding hydrogens is 306 g/mol. The number of ether oxygens (including phenoxy) is 1. The van der Waals surface area contributed by atoms with E-state index in [-0.39, 0.29) is 6.04 Å². The highest BCUT2D eigenvalue weighted by molar-refractivity contribution is 5.94. The van der Waals surface area contributed by atoms with E-state index in [1.165, 1.54) is 39.2 Å². The Hall–Kier alpha value is -1.66. The zero-order chi connectivity index (χ0) is 16.9. The largest absolute Gasteiger partial charge is 0.465 e. The second kappa shape index (κ2) is 7.94. The Morgan fingerprint density at radius 2 is 2.12 bits per heavy atom. The molecule has 2 atom stereocenters. The van der Waals surface area contributed by atoms with E-state index in [0.717, 1.165) is 13.0 Å². The first-order valence-electron chi connectivity index (χ1n) is 8.91. The second-order valence-corrected chi connectivity index (χ2v) is 6.78. The van der Waals surface area contributed by atoms with Crippen molar-refractivity contribution in [1.82, 2.24) is 10.3 Å². The zero-order valence-corrected chi connectivity index (χ0v) is 14.3. The predicted molar refractivity (Wildman–Crippen MR) is 92.2 cm³/mol. The smallest absolute Gasteiger partial charge is 0.341 e. The van der Waals surface area contributed by atoms with Crippen LogP contribution < -0.4 is 10.2 Å². The van der Waals surface area contributed by atoms with Gasteiger partial charge >= 0.3 is 5.97 Å². The van der Waals surface area contributed by atoms with Gasteiger partial charge in [0.15, 0.2) is 0 Å². The lowest BCUT2D eigenvalue weighted by atomic mass is 9.92. The summed E-state index contributed by atoms with van der Waals surface area (Å²) in [4.78, 5) is 18.2. The number of nitrogens with zero attached hydrogens (tertiary/aromatic N) is 2. The molecule has 1 unspecified atom stereocenters. The summed E-state index contributed by atoms with van der Waals surface area (Å²) < 4.78 is 4.84. The number of piperidine rings is 1. The number of aliphatic hydroxyl groups is 1. The van der Waals surface area contributed by atoms with Gasteiger partial charge < -0.3 is 20.1 Å². The number of hydrogen-bond acceptors (Lipinski definition) is 6. The normalized spacial score (nSPS) is 25.5. The Morgan fingerprint density at radius 1 is 1.33 bits per heavy atom. The molecule has 3 rings (SSSR count). The second-order valence-electron chi connectivity index (χ2n) is 6.78. The summed E-state index contributed by atoms with van der Waals surface area (Å²) in [5, 5.41) is 14.2. The maximum Gasteiger partial charge on any atom is 0.341 e. The molecule has 2 fully saturated rings. The van der Waals surface area contributed by atoms with Crippen LogP contribution in [0.15, 0.2) is 18.3 Å². The number of carbonyl (C=O) groups excluding carboxylic acids is 1. The van der Waals surface area contributed by atoms with Crippen LogP contribution in [0.2, 0.25) is 0 Å². The van der Waals surface area contributed by atoms with Crippen LogP contribution >= 0.6 is 0 Å². The molecule has 0 aromatic carbocycles. The van der Waals surface area contributed by atoms with Crippen LogP contribution in [-0.4, -0.2) is 54.4 Å². The number of pyridine rings is 1. The molecule has 6 heteroatoms. The van der Waals surface area contributed by atoms with Crippen molar-refractivity contribution in [3.05, 3.63) is 23.9 Å². The minimum atomic E-state index is -0.465. The average molecular weight is 333 g/mol. The van der Waals surface area contributed by atoms with E-state index < -0.39 is 12.1 Å². The summed E-state index contributed by atoms with van der Waals surface area (Å²) in [5.41, 5.74) is 0.450. The van der Waals surface area contributed by atoms with E-state index in [9.17, 15) is 9.90 Å². The molecule has 2 aliphatic rings. The summed E-state index contributed by atoms with van der Waals surface area (Å²) in [7, 11) is 1.37. The molecule has 24 heavy (non-hydrogen) atoms. The first-order chi connectivity index (χ1) is 11.7. The molecule has 2 N–H and O–H groups in total. The van der Waals surface area contributed by atoms with Gasteiger partial charge in [-0.3, -0.25) is 0 Å². The third-order valence-electron chi connectivity index (χ3n) is 5.13. The van der Waals surface area contributed by atoms with E-state index in [4.69, 9.17) is 4.74 Å². The lowest BCUT2D eigenvalue weighted by Crippen LogP contribution is -2.55. The number of β-amino-alcohol motifs (C(OH)–C–C–N with tert-alkyl or cyclic N) is 1. The van der Waals surface area contributed by atoms with Gasteiger partial charge in [0.2, 0.25) is 0 Å². The molecule has 1 saturated heterocycles. The molecular formula is C18H27N3O3. The van der Waals surface area contributed by atoms with Gasteiger partial charge in [-0.25, -0.2) is 9.78 Å². The number of anilines is 1. The van der Waals surface area contributed by atoms with Gasteiger partial charge in [-0.2, -0.15) is 0 Å². The fourth-order valence-corrected chi connectivity index (χ4v) is 3.81. The van der Waals surface area contributed by atoms with Gasteiger partial charge in [-0.1, -0.05) is 19.3 Å². The van der Waals surface area contributed by atoms with E-state index in [2.05, 4.69) is 10.3 Å². The number of methoxy groups -OCH3 is 1. The Bertz CT molecular complexity index is 560. The number of nitrogens with one attached hydrogen (secondary N) is 1. The van der Waals surface area contributed by atoms with E-state index >= 15 is 0 Å². The van der Waals surface area contributed by atoms with Gasteiger partial charge in [0.05, 0.1) is 13.2 Å². The Labute approximate surface area is 143 Å². The van der Waals surface area contributed by atoms with Gasteiger partial charge in [0.25, 0.3) is 0 Å². The number of carbonyl (C=O) groups is 1. The van der Waals surface area contributed by atoms with Gasteiger partial charge in [-0.05, 0) is 31.4 Å². The number of aliphatic hydroxyl groups excluding tert-OH is 1. The number of hydrogen-bond donors (Lipinski definition) is 2. The van der Waals surface area contributed by atoms with Crippen LogP contribution in [0.3, 0.4) is 0 Å². The van der Waals surface area contributed by atoms with Crippen LogP contribution in [0.25, 0.3) is 0 Å². The minimum Gasteiger partial charge on any atom is -0.465 e. The first-order valence-corrected chi connectivity index (χ1v) is 8.91. The molecule has 6 nitrogen and oxygen atoms in total. The van der Waals surface area contributed by atoms with Crippen molar-refractivity contribution in [3.8, 4) is 0 Å². The van der Waals surface area contributed by atoms with Crippen LogP contribution in [0.1, 0.15) is 48.9 Å². The molecule has 1 aromatic heterocycles. The fourth-order valence-electron chi connectivity index (χ4n) is 3.81. The molecule has 0 bridgehead atoms. The first kappa shape index (κ1) is 17.2. The minimum absolute atomic E-state index is 0.120. The van der Waals surface area contributed by atoms with Gasteiger partial charge in [0, 0.05) is 31.4 Å². The number of esters is 1. The Morgan fingerprint density at radius 3 is 2.83 bits per heavy atom. The van der Waals surface area contributed by atoms with Crippen molar-refractivity contribution >= 4 is 11.8 Å². The lowest BCUT2D eigenvalue weighted by molar-refractivity contribution is 0.0599. The Kier molecular flexibility index (Phi) is 5.68. The number of aromatic nitrogens is 1. The summed E-state index contributed by atoms with van der Waals surface area (Å²) in [5.74, 6) is 0.203. The van der Waals surface area contributed by atoms with Gasteiger partial charge in [0.1, 0.15) is 11.4 Å². The van der Waals surface area contributed by atoms with Crippen LogP contribution in [0.4, 0.5) is 5.82 Å². The van der Waals surface area contributed by atoms with Crippen molar-refractivity contribution < 1.29 is 14.6 Å². The van der Waals surface area contributed by atoms with Gasteiger partial charge in [-0.15, -0.1) is 0 Å². The summed E-state index contributed by atoms with van der Waals surface area (Å²) in [6, 6.07) is 4.09. The predicted octanol–water partition coefficient (Wildman–Crippen LogP) is 1.73. The number of rotatable bonds is 4. The molecule has 1 aliphatic heterocycles. The molecule has 0 amide bonds. The maximum atomic E-state index is 11.9. The monoisotopic (exact) mass is 333 g/mol. The van der Waals surface area contributed by atoms with Crippen LogP contribution in [0.5, 0.6) is 0 Å². The van der Waals surface area contributed by atoms with Crippen molar-refractivity contribution in [3.63, 3.8) is 0 Å². The quantitative estimate of drug-likeness (QED) is 0.818. The maximum absolute atomic E-state index is 11.9. The molecule has 0 radical (unpaired) electrons. The average Bonchev–Trinajstić information content (AvgIpc) is 2.63. The molecule has 1 aromatic rings. The van der Waals surface area contributed by atoms with Crippen molar-refractivity contribution in [1.29, 1.82) is 0 Å². The summed E-state index contributed by atoms with van der Waals surface area (Å²) in [6.07, 6.45) is 8.35. The third-order valence-corrected chi connectivity index (χ3v) is 5.13. The topological polar surface area (TPSA) is 74.7 Å².